The maximum absolute atomic E-state index is 11.6. The zero-order valence-electron chi connectivity index (χ0n) is 16.5. The van der Waals surface area contributed by atoms with Crippen LogP contribution in [0, 0.1) is 20.0 Å². The Bertz CT molecular complexity index is 1170. The van der Waals surface area contributed by atoms with Crippen molar-refractivity contribution in [3.8, 4) is 9.86 Å². The van der Waals surface area contributed by atoms with E-state index in [1.807, 2.05) is 54.6 Å². The van der Waals surface area contributed by atoms with E-state index >= 15 is 0 Å². The van der Waals surface area contributed by atoms with Gasteiger partial charge in [0.1, 0.15) is 0 Å². The molecular weight excluding hydrogens is 557 g/mol. The van der Waals surface area contributed by atoms with Gasteiger partial charge in [0, 0.05) is 0 Å². The van der Waals surface area contributed by atoms with Gasteiger partial charge in [-0.1, -0.05) is 0 Å². The van der Waals surface area contributed by atoms with Crippen molar-refractivity contribution in [3.63, 3.8) is 0 Å². The molecule has 0 bridgehead atoms. The third-order valence-electron chi connectivity index (χ3n) is 5.18. The van der Waals surface area contributed by atoms with Crippen molar-refractivity contribution in [1.82, 2.24) is 0 Å². The van der Waals surface area contributed by atoms with E-state index in [9.17, 15) is 10.1 Å². The molecule has 3 nitrogen and oxygen atoms in total. The first-order valence-corrected chi connectivity index (χ1v) is 16.3. The van der Waals surface area contributed by atoms with Gasteiger partial charge in [0.25, 0.3) is 0 Å². The number of nitrogens with zero attached hydrogens (tertiary/aromatic N) is 1. The molecule has 31 heavy (non-hydrogen) atoms. The average molecular weight is 575 g/mol. The summed E-state index contributed by atoms with van der Waals surface area (Å²) < 4.78 is 7.90. The van der Waals surface area contributed by atoms with Gasteiger partial charge in [-0.15, -0.1) is 0 Å². The minimum atomic E-state index is -3.81. The fourth-order valence-corrected chi connectivity index (χ4v) is 15.1. The zero-order chi connectivity index (χ0) is 21.7. The summed E-state index contributed by atoms with van der Waals surface area (Å²) in [6, 6.07) is 36.0. The maximum atomic E-state index is 11.6. The molecule has 0 spiro atoms. The van der Waals surface area contributed by atoms with Gasteiger partial charge >= 0.3 is 195 Å². The number of rotatable bonds is 4. The van der Waals surface area contributed by atoms with Gasteiger partial charge in [-0.25, -0.2) is 0 Å². The van der Waals surface area contributed by atoms with E-state index in [4.69, 9.17) is 0 Å². The first-order chi connectivity index (χ1) is 15.1. The van der Waals surface area contributed by atoms with E-state index in [1.165, 1.54) is 16.8 Å². The van der Waals surface area contributed by atoms with Crippen LogP contribution >= 0.6 is 15.9 Å². The number of hydrogen-bond acceptors (Lipinski definition) is 2. The van der Waals surface area contributed by atoms with Crippen LogP contribution in [0.15, 0.2) is 114 Å². The molecule has 0 aliphatic rings. The first kappa shape index (κ1) is 21.4. The van der Waals surface area contributed by atoms with Crippen molar-refractivity contribution < 1.29 is 4.92 Å². The Morgan fingerprint density at radius 3 is 1.55 bits per heavy atom. The molecule has 5 heteroatoms. The molecule has 0 amide bonds. The summed E-state index contributed by atoms with van der Waals surface area (Å²) >= 11 is -0.344. The van der Waals surface area contributed by atoms with Crippen molar-refractivity contribution in [1.29, 1.82) is 0 Å². The molecule has 0 N–H and O–H groups in total. The van der Waals surface area contributed by atoms with Gasteiger partial charge < -0.3 is 0 Å². The first-order valence-electron chi connectivity index (χ1n) is 9.75. The Labute approximate surface area is 193 Å². The second-order valence-electron chi connectivity index (χ2n) is 6.99. The fourth-order valence-electron chi connectivity index (χ4n) is 3.73. The summed E-state index contributed by atoms with van der Waals surface area (Å²) in [5, 5.41) is 11.6. The second kappa shape index (κ2) is 9.50. The van der Waals surface area contributed by atoms with Crippen molar-refractivity contribution in [2.75, 3.05) is 0 Å². The molecule has 0 saturated heterocycles. The molecule has 0 unspecified atom stereocenters. The fraction of sp³-hybridized carbons (Fsp3) is 0. The van der Waals surface area contributed by atoms with E-state index in [0.717, 1.165) is 0 Å². The molecule has 4 aromatic rings. The molecule has 0 heterocycles. The number of halogens is 1. The van der Waals surface area contributed by atoms with Gasteiger partial charge in [0.2, 0.25) is 0 Å². The van der Waals surface area contributed by atoms with Crippen LogP contribution in [0.5, 0.6) is 0 Å². The van der Waals surface area contributed by atoms with Crippen LogP contribution in [0.25, 0.3) is 0 Å². The summed E-state index contributed by atoms with van der Waals surface area (Å²) in [5.41, 5.74) is 0.424. The van der Waals surface area contributed by atoms with Crippen molar-refractivity contribution in [3.05, 3.63) is 129 Å². The van der Waals surface area contributed by atoms with Crippen LogP contribution in [0.3, 0.4) is 0 Å². The normalized spacial score (nSPS) is 10.7. The monoisotopic (exact) mass is 575 g/mol. The predicted octanol–water partition coefficient (Wildman–Crippen LogP) is 4.42. The molecular formula is C26H18BrNO2Sn. The zero-order valence-corrected chi connectivity index (χ0v) is 21.0. The topological polar surface area (TPSA) is 43.1 Å². The van der Waals surface area contributed by atoms with Crippen LogP contribution in [0.4, 0.5) is 5.69 Å². The molecule has 0 aromatic heterocycles. The van der Waals surface area contributed by atoms with E-state index in [-0.39, 0.29) is 10.6 Å². The molecule has 4 rings (SSSR count). The van der Waals surface area contributed by atoms with Crippen molar-refractivity contribution in [2.45, 2.75) is 0 Å². The minimum absolute atomic E-state index is 0.0104. The number of hydrogen-bond donors (Lipinski definition) is 0. The third-order valence-corrected chi connectivity index (χ3v) is 17.5. The quantitative estimate of drug-likeness (QED) is 0.157. The molecule has 4 aromatic carbocycles. The summed E-state index contributed by atoms with van der Waals surface area (Å²) in [6.07, 6.45) is 0. The molecule has 0 aliphatic heterocycles. The average Bonchev–Trinajstić information content (AvgIpc) is 2.82. The third kappa shape index (κ3) is 4.29. The van der Waals surface area contributed by atoms with E-state index < -0.39 is 18.4 Å². The van der Waals surface area contributed by atoms with Gasteiger partial charge in [0.15, 0.2) is 0 Å². The van der Waals surface area contributed by atoms with Crippen molar-refractivity contribution in [2.24, 2.45) is 0 Å². The number of nitro benzene ring substituents is 1. The van der Waals surface area contributed by atoms with Crippen LogP contribution in [0.1, 0.15) is 5.56 Å². The van der Waals surface area contributed by atoms with Gasteiger partial charge in [-0.3, -0.25) is 0 Å². The standard InChI is InChI=1S/C8H3BrNO2.3C6H5.Sn/c1-2-6-7(9)4-3-5-8(6)10(11)12;3*1-2-4-6-5-3-1;/h3-5H;3*1-5H;. The molecule has 0 saturated carbocycles. The summed E-state index contributed by atoms with van der Waals surface area (Å²) in [4.78, 5) is 11.3. The number of benzene rings is 4. The van der Waals surface area contributed by atoms with E-state index in [0.29, 0.717) is 10.0 Å². The van der Waals surface area contributed by atoms with Gasteiger partial charge in [-0.05, 0) is 0 Å². The summed E-state index contributed by atoms with van der Waals surface area (Å²) in [7, 11) is 0. The van der Waals surface area contributed by atoms with Crippen molar-refractivity contribution >= 4 is 50.7 Å². The Kier molecular flexibility index (Phi) is 6.55. The van der Waals surface area contributed by atoms with Gasteiger partial charge in [0.05, 0.1) is 0 Å². The Hall–Kier alpha value is -2.88. The van der Waals surface area contributed by atoms with E-state index in [1.54, 1.807) is 12.1 Å². The van der Waals surface area contributed by atoms with Crippen LogP contribution in [-0.4, -0.2) is 23.3 Å². The Balaban J connectivity index is 2.07. The predicted molar refractivity (Wildman–Crippen MR) is 132 cm³/mol. The molecule has 0 aliphatic carbocycles. The van der Waals surface area contributed by atoms with E-state index in [2.05, 4.69) is 62.2 Å². The SMILES string of the molecule is O=[N+]([O-])c1cccc(Br)c1C#[C][Sn]([c]1ccccc1)([c]1ccccc1)[c]1ccccc1. The molecule has 0 atom stereocenters. The van der Waals surface area contributed by atoms with Crippen LogP contribution in [0.2, 0.25) is 0 Å². The Morgan fingerprint density at radius 2 is 1.13 bits per heavy atom. The molecule has 150 valence electrons. The molecule has 0 fully saturated rings. The summed E-state index contributed by atoms with van der Waals surface area (Å²) in [5.74, 6) is 3.25. The number of nitro groups is 1. The van der Waals surface area contributed by atoms with Gasteiger partial charge in [-0.2, -0.15) is 0 Å². The summed E-state index contributed by atoms with van der Waals surface area (Å²) in [6.45, 7) is 0. The molecule has 0 radical (unpaired) electrons. The second-order valence-corrected chi connectivity index (χ2v) is 17.8. The van der Waals surface area contributed by atoms with Crippen LogP contribution < -0.4 is 10.7 Å². The Morgan fingerprint density at radius 1 is 0.677 bits per heavy atom. The van der Waals surface area contributed by atoms with Crippen LogP contribution in [-0.2, 0) is 0 Å².